The highest BCUT2D eigenvalue weighted by Gasteiger charge is 2.14. The first-order valence-corrected chi connectivity index (χ1v) is 8.07. The van der Waals surface area contributed by atoms with E-state index in [2.05, 4.69) is 20.9 Å². The van der Waals surface area contributed by atoms with Gasteiger partial charge < -0.3 is 5.11 Å². The van der Waals surface area contributed by atoms with Crippen LogP contribution in [0, 0.1) is 13.8 Å². The lowest BCUT2D eigenvalue weighted by atomic mass is 10.0. The minimum Gasteiger partial charge on any atom is -0.388 e. The minimum absolute atomic E-state index is 0.523. The van der Waals surface area contributed by atoms with Gasteiger partial charge in [0.25, 0.3) is 0 Å². The fourth-order valence-electron chi connectivity index (χ4n) is 2.36. The van der Waals surface area contributed by atoms with Gasteiger partial charge in [-0.2, -0.15) is 0 Å². The third kappa shape index (κ3) is 2.53. The second kappa shape index (κ2) is 5.31. The molecule has 0 fully saturated rings. The number of aromatic nitrogens is 2. The number of rotatable bonds is 3. The molecule has 3 nitrogen and oxygen atoms in total. The molecule has 20 heavy (non-hydrogen) atoms. The highest BCUT2D eigenvalue weighted by molar-refractivity contribution is 9.10. The van der Waals surface area contributed by atoms with Gasteiger partial charge in [-0.05, 0) is 30.5 Å². The van der Waals surface area contributed by atoms with Gasteiger partial charge in [-0.25, -0.2) is 4.98 Å². The van der Waals surface area contributed by atoms with Crippen molar-refractivity contribution in [1.82, 2.24) is 9.38 Å². The molecule has 0 spiro atoms. The summed E-state index contributed by atoms with van der Waals surface area (Å²) < 4.78 is 3.10. The molecule has 3 rings (SSSR count). The molecule has 1 N–H and O–H groups in total. The lowest BCUT2D eigenvalue weighted by molar-refractivity contribution is 0.177. The average molecular weight is 351 g/mol. The number of hydrogen-bond donors (Lipinski definition) is 1. The fraction of sp³-hybridized carbons (Fsp3) is 0.267. The lowest BCUT2D eigenvalue weighted by Gasteiger charge is -2.13. The van der Waals surface area contributed by atoms with Crippen molar-refractivity contribution in [2.75, 3.05) is 0 Å². The highest BCUT2D eigenvalue weighted by Crippen LogP contribution is 2.27. The van der Waals surface area contributed by atoms with Crippen LogP contribution < -0.4 is 0 Å². The third-order valence-electron chi connectivity index (χ3n) is 3.39. The van der Waals surface area contributed by atoms with E-state index >= 15 is 0 Å². The van der Waals surface area contributed by atoms with Gasteiger partial charge in [0.2, 0.25) is 0 Å². The summed E-state index contributed by atoms with van der Waals surface area (Å²) in [6.45, 7) is 4.08. The largest absolute Gasteiger partial charge is 0.388 e. The Morgan fingerprint density at radius 2 is 2.05 bits per heavy atom. The quantitative estimate of drug-likeness (QED) is 0.773. The van der Waals surface area contributed by atoms with Gasteiger partial charge in [0, 0.05) is 28.7 Å². The zero-order valence-electron chi connectivity index (χ0n) is 11.3. The molecule has 0 saturated heterocycles. The van der Waals surface area contributed by atoms with E-state index in [1.807, 2.05) is 48.2 Å². The number of benzene rings is 1. The lowest BCUT2D eigenvalue weighted by Crippen LogP contribution is -2.03. The summed E-state index contributed by atoms with van der Waals surface area (Å²) in [6, 6.07) is 4.06. The van der Waals surface area contributed by atoms with Gasteiger partial charge in [0.05, 0.1) is 11.8 Å². The van der Waals surface area contributed by atoms with E-state index in [0.717, 1.165) is 31.8 Å². The van der Waals surface area contributed by atoms with Gasteiger partial charge in [0.1, 0.15) is 0 Å². The van der Waals surface area contributed by atoms with Crippen molar-refractivity contribution >= 4 is 32.2 Å². The van der Waals surface area contributed by atoms with Crippen molar-refractivity contribution in [3.05, 3.63) is 56.8 Å². The van der Waals surface area contributed by atoms with Crippen LogP contribution in [0.15, 0.2) is 34.4 Å². The number of aryl methyl sites for hydroxylation is 2. The molecule has 1 atom stereocenters. The number of aliphatic hydroxyl groups is 1. The van der Waals surface area contributed by atoms with Gasteiger partial charge in [-0.15, -0.1) is 11.3 Å². The molecule has 1 unspecified atom stereocenters. The molecule has 0 radical (unpaired) electrons. The van der Waals surface area contributed by atoms with Crippen LogP contribution in [-0.4, -0.2) is 14.5 Å². The SMILES string of the molecule is Cc1cc(C(O)Cc2cn3ccsc3n2)cc(C)c1Br. The van der Waals surface area contributed by atoms with Crippen LogP contribution in [0.1, 0.15) is 28.5 Å². The molecule has 0 saturated carbocycles. The molecule has 0 bridgehead atoms. The van der Waals surface area contributed by atoms with Crippen molar-refractivity contribution in [2.24, 2.45) is 0 Å². The maximum Gasteiger partial charge on any atom is 0.193 e. The van der Waals surface area contributed by atoms with Crippen molar-refractivity contribution in [2.45, 2.75) is 26.4 Å². The number of nitrogens with zero attached hydrogens (tertiary/aromatic N) is 2. The summed E-state index contributed by atoms with van der Waals surface area (Å²) in [5.74, 6) is 0. The van der Waals surface area contributed by atoms with Crippen LogP contribution in [0.5, 0.6) is 0 Å². The van der Waals surface area contributed by atoms with Crippen LogP contribution in [0.2, 0.25) is 0 Å². The van der Waals surface area contributed by atoms with Crippen LogP contribution in [0.4, 0.5) is 0 Å². The third-order valence-corrected chi connectivity index (χ3v) is 5.41. The zero-order chi connectivity index (χ0) is 14.3. The van der Waals surface area contributed by atoms with Crippen LogP contribution >= 0.6 is 27.3 Å². The Balaban J connectivity index is 1.85. The van der Waals surface area contributed by atoms with E-state index in [1.54, 1.807) is 11.3 Å². The Morgan fingerprint density at radius 1 is 1.35 bits per heavy atom. The number of fused-ring (bicyclic) bond motifs is 1. The summed E-state index contributed by atoms with van der Waals surface area (Å²) >= 11 is 5.15. The molecule has 2 heterocycles. The monoisotopic (exact) mass is 350 g/mol. The second-order valence-electron chi connectivity index (χ2n) is 5.01. The molecule has 0 aliphatic heterocycles. The van der Waals surface area contributed by atoms with E-state index in [-0.39, 0.29) is 0 Å². The van der Waals surface area contributed by atoms with Gasteiger partial charge in [-0.1, -0.05) is 28.1 Å². The predicted molar refractivity (Wildman–Crippen MR) is 85.3 cm³/mol. The maximum atomic E-state index is 10.4. The van der Waals surface area contributed by atoms with Crippen molar-refractivity contribution in [3.8, 4) is 0 Å². The molecule has 0 amide bonds. The summed E-state index contributed by atoms with van der Waals surface area (Å²) in [4.78, 5) is 5.48. The number of halogens is 1. The predicted octanol–water partition coefficient (Wildman–Crippen LogP) is 4.05. The summed E-state index contributed by atoms with van der Waals surface area (Å²) in [7, 11) is 0. The number of imidazole rings is 1. The first kappa shape index (κ1) is 13.8. The Morgan fingerprint density at radius 3 is 2.70 bits per heavy atom. The van der Waals surface area contributed by atoms with E-state index in [0.29, 0.717) is 6.42 Å². The first-order chi connectivity index (χ1) is 9.54. The standard InChI is InChI=1S/C15H15BrN2OS/c1-9-5-11(6-10(2)14(9)16)13(19)7-12-8-18-3-4-20-15(18)17-12/h3-6,8,13,19H,7H2,1-2H3. The molecule has 0 aliphatic carbocycles. The second-order valence-corrected chi connectivity index (χ2v) is 6.68. The molecule has 104 valence electrons. The molecule has 1 aromatic carbocycles. The Hall–Kier alpha value is -1.17. The van der Waals surface area contributed by atoms with Crippen molar-refractivity contribution < 1.29 is 5.11 Å². The van der Waals surface area contributed by atoms with Crippen LogP contribution in [0.3, 0.4) is 0 Å². The van der Waals surface area contributed by atoms with Gasteiger partial charge >= 0.3 is 0 Å². The van der Waals surface area contributed by atoms with E-state index in [9.17, 15) is 5.11 Å². The zero-order valence-corrected chi connectivity index (χ0v) is 13.7. The van der Waals surface area contributed by atoms with Crippen LogP contribution in [0.25, 0.3) is 4.96 Å². The molecule has 0 aliphatic rings. The number of hydrogen-bond acceptors (Lipinski definition) is 3. The smallest absolute Gasteiger partial charge is 0.193 e. The van der Waals surface area contributed by atoms with E-state index in [4.69, 9.17) is 0 Å². The average Bonchev–Trinajstić information content (AvgIpc) is 2.96. The van der Waals surface area contributed by atoms with Crippen LogP contribution in [-0.2, 0) is 6.42 Å². The minimum atomic E-state index is -0.523. The van der Waals surface area contributed by atoms with Gasteiger partial charge in [-0.3, -0.25) is 4.40 Å². The van der Waals surface area contributed by atoms with Gasteiger partial charge in [0.15, 0.2) is 4.96 Å². The van der Waals surface area contributed by atoms with Crippen molar-refractivity contribution in [3.63, 3.8) is 0 Å². The Labute approximate surface area is 130 Å². The Kier molecular flexibility index (Phi) is 3.67. The summed E-state index contributed by atoms with van der Waals surface area (Å²) in [5, 5.41) is 12.4. The normalized spacial score (nSPS) is 13.0. The maximum absolute atomic E-state index is 10.4. The van der Waals surface area contributed by atoms with Crippen molar-refractivity contribution in [1.29, 1.82) is 0 Å². The fourth-order valence-corrected chi connectivity index (χ4v) is 3.31. The highest BCUT2D eigenvalue weighted by atomic mass is 79.9. The molecule has 3 aromatic rings. The topological polar surface area (TPSA) is 37.5 Å². The summed E-state index contributed by atoms with van der Waals surface area (Å²) in [5.41, 5.74) is 4.15. The molecule has 5 heteroatoms. The number of thiazole rings is 1. The molecular weight excluding hydrogens is 336 g/mol. The summed E-state index contributed by atoms with van der Waals surface area (Å²) in [6.07, 6.45) is 3.98. The Bertz CT molecular complexity index is 711. The molecule has 2 aromatic heterocycles. The first-order valence-electron chi connectivity index (χ1n) is 6.40. The molecular formula is C15H15BrN2OS. The van der Waals surface area contributed by atoms with E-state index < -0.39 is 6.10 Å². The van der Waals surface area contributed by atoms with E-state index in [1.165, 1.54) is 0 Å². The number of aliphatic hydroxyl groups excluding tert-OH is 1.